The summed E-state index contributed by atoms with van der Waals surface area (Å²) in [6.07, 6.45) is 61.9. The van der Waals surface area contributed by atoms with Gasteiger partial charge < -0.3 is 33.3 Å². The molecule has 9 nitrogen and oxygen atoms in total. The quantitative estimate of drug-likeness (QED) is 0.0195. The fraction of sp³-hybridized carbons (Fsp3) is 0.855. The molecule has 0 aromatic carbocycles. The predicted octanol–water partition coefficient (Wildman–Crippen LogP) is 16.3. The smallest absolute Gasteiger partial charge is 0.306 e. The molecule has 0 aliphatic rings. The first-order valence-corrected chi connectivity index (χ1v) is 30.1. The highest BCUT2D eigenvalue weighted by Gasteiger charge is 2.22. The zero-order chi connectivity index (χ0) is 52.0. The number of carboxylic acids is 1. The van der Waals surface area contributed by atoms with E-state index in [2.05, 4.69) is 50.3 Å². The van der Waals surface area contributed by atoms with Gasteiger partial charge in [-0.1, -0.05) is 237 Å². The number of allylic oxidation sites excluding steroid dienone is 6. The van der Waals surface area contributed by atoms with Crippen LogP contribution >= 0.6 is 0 Å². The summed E-state index contributed by atoms with van der Waals surface area (Å²) in [5.41, 5.74) is 0. The zero-order valence-electron chi connectivity index (χ0n) is 47.4. The van der Waals surface area contributed by atoms with Crippen LogP contribution in [0.15, 0.2) is 36.5 Å². The van der Waals surface area contributed by atoms with Gasteiger partial charge in [-0.15, -0.1) is 0 Å². The van der Waals surface area contributed by atoms with E-state index in [1.807, 2.05) is 21.1 Å². The first kappa shape index (κ1) is 68.5. The third kappa shape index (κ3) is 55.1. The van der Waals surface area contributed by atoms with Crippen LogP contribution < -0.4 is 5.11 Å². The lowest BCUT2D eigenvalue weighted by atomic mass is 10.0. The SMILES string of the molecule is CCCCCCC/C=C\C/C=C\CCCCCCCCCCCCCCCC(=O)OC(COC(=O)CCCCCCCCCCC/C=C\CCCCCCCCCC)COC(OCC[N+](C)(C)C)C(=O)[O-]. The van der Waals surface area contributed by atoms with Gasteiger partial charge in [0.1, 0.15) is 13.2 Å². The lowest BCUT2D eigenvalue weighted by molar-refractivity contribution is -0.870. The van der Waals surface area contributed by atoms with Gasteiger partial charge in [0.25, 0.3) is 0 Å². The third-order valence-electron chi connectivity index (χ3n) is 13.4. The molecule has 416 valence electrons. The van der Waals surface area contributed by atoms with Crippen molar-refractivity contribution in [2.45, 2.75) is 296 Å². The molecule has 0 rings (SSSR count). The molecule has 0 N–H and O–H groups in total. The van der Waals surface area contributed by atoms with E-state index >= 15 is 0 Å². The molecular weight excluding hydrogens is 887 g/mol. The number of carbonyl (C=O) groups is 3. The van der Waals surface area contributed by atoms with Crippen molar-refractivity contribution in [1.29, 1.82) is 0 Å². The molecule has 2 atom stereocenters. The van der Waals surface area contributed by atoms with Gasteiger partial charge in [0, 0.05) is 12.8 Å². The number of esters is 2. The highest BCUT2D eigenvalue weighted by Crippen LogP contribution is 2.17. The molecule has 0 heterocycles. The first-order valence-electron chi connectivity index (χ1n) is 30.1. The molecule has 0 spiro atoms. The van der Waals surface area contributed by atoms with Crippen LogP contribution in [0.2, 0.25) is 0 Å². The van der Waals surface area contributed by atoms with Crippen molar-refractivity contribution in [2.24, 2.45) is 0 Å². The van der Waals surface area contributed by atoms with E-state index in [1.165, 1.54) is 212 Å². The minimum absolute atomic E-state index is 0.148. The van der Waals surface area contributed by atoms with Crippen LogP contribution in [0, 0.1) is 0 Å². The summed E-state index contributed by atoms with van der Waals surface area (Å²) in [6, 6.07) is 0. The number of likely N-dealkylation sites (N-methyl/N-ethyl adjacent to an activating group) is 1. The molecule has 0 aromatic heterocycles. The lowest BCUT2D eigenvalue weighted by Crippen LogP contribution is -2.44. The Kier molecular flexibility index (Phi) is 51.9. The van der Waals surface area contributed by atoms with Crippen LogP contribution in [0.3, 0.4) is 0 Å². The summed E-state index contributed by atoms with van der Waals surface area (Å²) in [4.78, 5) is 37.3. The van der Waals surface area contributed by atoms with Crippen molar-refractivity contribution in [1.82, 2.24) is 0 Å². The van der Waals surface area contributed by atoms with E-state index < -0.39 is 24.3 Å². The van der Waals surface area contributed by atoms with Crippen molar-refractivity contribution in [2.75, 3.05) is 47.5 Å². The Labute approximate surface area is 439 Å². The van der Waals surface area contributed by atoms with E-state index in [-0.39, 0.29) is 32.2 Å². The molecule has 0 bridgehead atoms. The molecule has 0 amide bonds. The van der Waals surface area contributed by atoms with Gasteiger partial charge in [-0.25, -0.2) is 0 Å². The maximum Gasteiger partial charge on any atom is 0.306 e. The highest BCUT2D eigenvalue weighted by molar-refractivity contribution is 5.70. The van der Waals surface area contributed by atoms with Gasteiger partial charge >= 0.3 is 11.9 Å². The number of hydrogen-bond donors (Lipinski definition) is 0. The molecule has 0 saturated heterocycles. The van der Waals surface area contributed by atoms with Gasteiger partial charge in [0.05, 0.1) is 40.3 Å². The number of nitrogens with zero attached hydrogens (tertiary/aromatic N) is 1. The summed E-state index contributed by atoms with van der Waals surface area (Å²) >= 11 is 0. The molecule has 0 fully saturated rings. The van der Waals surface area contributed by atoms with Crippen LogP contribution in [0.4, 0.5) is 0 Å². The number of hydrogen-bond acceptors (Lipinski definition) is 8. The molecule has 2 unspecified atom stereocenters. The predicted molar refractivity (Wildman–Crippen MR) is 297 cm³/mol. The minimum Gasteiger partial charge on any atom is -0.545 e. The van der Waals surface area contributed by atoms with E-state index in [9.17, 15) is 19.5 Å². The summed E-state index contributed by atoms with van der Waals surface area (Å²) in [5.74, 6) is -2.27. The Morgan fingerprint density at radius 2 is 0.761 bits per heavy atom. The van der Waals surface area contributed by atoms with Gasteiger partial charge in [-0.2, -0.15) is 0 Å². The monoisotopic (exact) mass is 1000 g/mol. The summed E-state index contributed by atoms with van der Waals surface area (Å²) in [5, 5.41) is 11.8. The topological polar surface area (TPSA) is 111 Å². The van der Waals surface area contributed by atoms with Crippen molar-refractivity contribution in [3.63, 3.8) is 0 Å². The fourth-order valence-corrected chi connectivity index (χ4v) is 8.68. The van der Waals surface area contributed by atoms with Crippen LogP contribution in [-0.4, -0.2) is 82.3 Å². The second kappa shape index (κ2) is 53.8. The third-order valence-corrected chi connectivity index (χ3v) is 13.4. The van der Waals surface area contributed by atoms with E-state index in [0.717, 1.165) is 38.5 Å². The molecule has 71 heavy (non-hydrogen) atoms. The van der Waals surface area contributed by atoms with Crippen LogP contribution in [0.1, 0.15) is 284 Å². The summed E-state index contributed by atoms with van der Waals surface area (Å²) < 4.78 is 22.7. The Morgan fingerprint density at radius 3 is 1.13 bits per heavy atom. The Hall–Kier alpha value is -2.49. The van der Waals surface area contributed by atoms with Crippen molar-refractivity contribution < 1.29 is 42.9 Å². The second-order valence-corrected chi connectivity index (χ2v) is 21.6. The molecule has 0 aliphatic carbocycles. The second-order valence-electron chi connectivity index (χ2n) is 21.6. The number of rotatable bonds is 56. The van der Waals surface area contributed by atoms with Gasteiger partial charge in [-0.05, 0) is 70.6 Å². The van der Waals surface area contributed by atoms with Gasteiger partial charge in [-0.3, -0.25) is 9.59 Å². The maximum absolute atomic E-state index is 12.9. The van der Waals surface area contributed by atoms with Gasteiger partial charge in [0.15, 0.2) is 12.4 Å². The number of ether oxygens (including phenoxy) is 4. The average molecular weight is 1000 g/mol. The molecule has 0 aliphatic heterocycles. The fourth-order valence-electron chi connectivity index (χ4n) is 8.68. The summed E-state index contributed by atoms with van der Waals surface area (Å²) in [7, 11) is 5.93. The molecule has 0 radical (unpaired) electrons. The Balaban J connectivity index is 4.21. The molecule has 9 heteroatoms. The van der Waals surface area contributed by atoms with Crippen LogP contribution in [-0.2, 0) is 33.3 Å². The van der Waals surface area contributed by atoms with E-state index in [4.69, 9.17) is 18.9 Å². The van der Waals surface area contributed by atoms with E-state index in [1.54, 1.807) is 0 Å². The maximum atomic E-state index is 12.9. The first-order chi connectivity index (χ1) is 34.6. The lowest BCUT2D eigenvalue weighted by Gasteiger charge is -2.26. The number of unbranched alkanes of at least 4 members (excludes halogenated alkanes) is 35. The standard InChI is InChI=1S/C62H115NO8/c1-6-8-10-12-14-16-18-20-22-24-26-28-29-30-31-33-35-37-39-41-43-45-47-49-51-53-60(65)71-58(57-70-62(61(66)67)68-55-54-63(3,4)5)56-69-59(64)52-50-48-46-44-42-40-38-36-34-32-27-25-23-21-19-17-15-13-11-9-7-2/h18,20,24-27,58,62H,6-17,19,21-23,28-57H2,1-5H3/b20-18-,26-24-,27-25-. The molecular formula is C62H115NO8. The molecule has 0 aromatic rings. The number of carboxylic acid groups (broad SMARTS) is 1. The highest BCUT2D eigenvalue weighted by atomic mass is 16.7. The summed E-state index contributed by atoms with van der Waals surface area (Å²) in [6.45, 7) is 4.77. The van der Waals surface area contributed by atoms with Gasteiger partial charge in [0.2, 0.25) is 0 Å². The van der Waals surface area contributed by atoms with Crippen molar-refractivity contribution in [3.05, 3.63) is 36.5 Å². The van der Waals surface area contributed by atoms with Crippen LogP contribution in [0.5, 0.6) is 0 Å². The zero-order valence-corrected chi connectivity index (χ0v) is 47.4. The van der Waals surface area contributed by atoms with E-state index in [0.29, 0.717) is 23.9 Å². The number of carbonyl (C=O) groups excluding carboxylic acids is 3. The van der Waals surface area contributed by atoms with Crippen molar-refractivity contribution >= 4 is 17.9 Å². The Morgan fingerprint density at radius 1 is 0.423 bits per heavy atom. The van der Waals surface area contributed by atoms with Crippen LogP contribution in [0.25, 0.3) is 0 Å². The Bertz CT molecular complexity index is 1260. The number of aliphatic carboxylic acids is 1. The minimum atomic E-state index is -1.62. The van der Waals surface area contributed by atoms with Crippen molar-refractivity contribution in [3.8, 4) is 0 Å². The molecule has 0 saturated carbocycles. The normalized spacial score (nSPS) is 13.0. The average Bonchev–Trinajstić information content (AvgIpc) is 3.34. The number of quaternary nitrogens is 1. The largest absolute Gasteiger partial charge is 0.545 e.